The number of benzene rings is 2. The number of carbonyl (C=O) groups excluding carboxylic acids is 1. The Morgan fingerprint density at radius 2 is 1.68 bits per heavy atom. The van der Waals surface area contributed by atoms with Gasteiger partial charge >= 0.3 is 0 Å². The van der Waals surface area contributed by atoms with Crippen molar-refractivity contribution in [1.29, 1.82) is 0 Å². The molecule has 2 aromatic rings. The fourth-order valence-corrected chi connectivity index (χ4v) is 2.37. The molecular formula is C21H27NO3. The van der Waals surface area contributed by atoms with E-state index in [1.807, 2.05) is 70.2 Å². The molecule has 0 aromatic heterocycles. The first-order valence-corrected chi connectivity index (χ1v) is 8.62. The molecule has 0 bridgehead atoms. The van der Waals surface area contributed by atoms with Crippen LogP contribution in [0, 0.1) is 13.8 Å². The maximum atomic E-state index is 12.3. The monoisotopic (exact) mass is 341 g/mol. The lowest BCUT2D eigenvalue weighted by Gasteiger charge is -2.17. The molecule has 0 aliphatic rings. The molecule has 0 heterocycles. The van der Waals surface area contributed by atoms with Crippen LogP contribution < -0.4 is 14.8 Å². The average molecular weight is 341 g/mol. The van der Waals surface area contributed by atoms with Crippen LogP contribution in [0.3, 0.4) is 0 Å². The van der Waals surface area contributed by atoms with Crippen LogP contribution in [-0.4, -0.2) is 18.1 Å². The zero-order valence-electron chi connectivity index (χ0n) is 15.6. The van der Waals surface area contributed by atoms with Gasteiger partial charge in [-0.1, -0.05) is 24.3 Å². The van der Waals surface area contributed by atoms with Crippen molar-refractivity contribution in [2.75, 3.05) is 0 Å². The molecule has 1 N–H and O–H groups in total. The molecule has 0 spiro atoms. The van der Waals surface area contributed by atoms with E-state index in [-0.39, 0.29) is 12.0 Å². The third-order valence-electron chi connectivity index (χ3n) is 3.78. The Morgan fingerprint density at radius 3 is 2.32 bits per heavy atom. The number of carbonyl (C=O) groups is 1. The number of ether oxygens (including phenoxy) is 2. The number of rotatable bonds is 7. The summed E-state index contributed by atoms with van der Waals surface area (Å²) in [4.78, 5) is 12.3. The Bertz CT molecular complexity index is 708. The molecule has 134 valence electrons. The Balaban J connectivity index is 1.87. The van der Waals surface area contributed by atoms with E-state index < -0.39 is 6.10 Å². The van der Waals surface area contributed by atoms with Gasteiger partial charge in [0.15, 0.2) is 6.10 Å². The number of aryl methyl sites for hydroxylation is 2. The average Bonchev–Trinajstić information content (AvgIpc) is 2.56. The summed E-state index contributed by atoms with van der Waals surface area (Å²) in [5, 5.41) is 2.91. The summed E-state index contributed by atoms with van der Waals surface area (Å²) < 4.78 is 11.4. The van der Waals surface area contributed by atoms with Crippen molar-refractivity contribution in [1.82, 2.24) is 5.32 Å². The second kappa shape index (κ2) is 8.56. The predicted molar refractivity (Wildman–Crippen MR) is 100 cm³/mol. The Morgan fingerprint density at radius 1 is 1.00 bits per heavy atom. The van der Waals surface area contributed by atoms with Crippen molar-refractivity contribution >= 4 is 5.91 Å². The molecule has 0 saturated heterocycles. The summed E-state index contributed by atoms with van der Waals surface area (Å²) in [5.74, 6) is 1.44. The van der Waals surface area contributed by atoms with Gasteiger partial charge in [-0.15, -0.1) is 0 Å². The van der Waals surface area contributed by atoms with Crippen LogP contribution in [0.15, 0.2) is 42.5 Å². The molecule has 1 atom stereocenters. The van der Waals surface area contributed by atoms with Gasteiger partial charge in [-0.2, -0.15) is 0 Å². The molecule has 0 saturated carbocycles. The van der Waals surface area contributed by atoms with Crippen LogP contribution in [0.4, 0.5) is 0 Å². The van der Waals surface area contributed by atoms with Gasteiger partial charge in [0.1, 0.15) is 11.5 Å². The van der Waals surface area contributed by atoms with E-state index in [1.165, 1.54) is 0 Å². The van der Waals surface area contributed by atoms with E-state index in [0.717, 1.165) is 28.2 Å². The molecule has 0 radical (unpaired) electrons. The van der Waals surface area contributed by atoms with E-state index in [4.69, 9.17) is 9.47 Å². The first-order chi connectivity index (χ1) is 11.8. The normalized spacial score (nSPS) is 11.9. The van der Waals surface area contributed by atoms with Crippen molar-refractivity contribution < 1.29 is 14.3 Å². The van der Waals surface area contributed by atoms with Gasteiger partial charge in [-0.05, 0) is 69.5 Å². The topological polar surface area (TPSA) is 47.6 Å². The lowest BCUT2D eigenvalue weighted by molar-refractivity contribution is -0.127. The summed E-state index contributed by atoms with van der Waals surface area (Å²) in [6.07, 6.45) is -0.405. The quantitative estimate of drug-likeness (QED) is 0.822. The van der Waals surface area contributed by atoms with E-state index in [1.54, 1.807) is 6.92 Å². The fourth-order valence-electron chi connectivity index (χ4n) is 2.37. The first kappa shape index (κ1) is 18.8. The fraction of sp³-hybridized carbons (Fsp3) is 0.381. The maximum absolute atomic E-state index is 12.3. The highest BCUT2D eigenvalue weighted by Crippen LogP contribution is 2.20. The summed E-state index contributed by atoms with van der Waals surface area (Å²) in [7, 11) is 0. The minimum absolute atomic E-state index is 0.136. The maximum Gasteiger partial charge on any atom is 0.261 e. The summed E-state index contributed by atoms with van der Waals surface area (Å²) in [6.45, 7) is 10.2. The zero-order chi connectivity index (χ0) is 18.4. The van der Waals surface area contributed by atoms with Crippen molar-refractivity contribution in [3.8, 4) is 11.5 Å². The summed E-state index contributed by atoms with van der Waals surface area (Å²) in [5.41, 5.74) is 3.14. The van der Waals surface area contributed by atoms with E-state index in [0.29, 0.717) is 6.54 Å². The molecule has 0 aliphatic heterocycles. The van der Waals surface area contributed by atoms with Crippen LogP contribution in [-0.2, 0) is 11.3 Å². The lowest BCUT2D eigenvalue weighted by atomic mass is 10.1. The second-order valence-corrected chi connectivity index (χ2v) is 6.56. The number of hydrogen-bond acceptors (Lipinski definition) is 3. The minimum Gasteiger partial charge on any atom is -0.491 e. The van der Waals surface area contributed by atoms with Crippen molar-refractivity contribution in [2.24, 2.45) is 0 Å². The first-order valence-electron chi connectivity index (χ1n) is 8.62. The van der Waals surface area contributed by atoms with Gasteiger partial charge in [0.05, 0.1) is 6.10 Å². The molecule has 0 aliphatic carbocycles. The van der Waals surface area contributed by atoms with Gasteiger partial charge in [-0.3, -0.25) is 4.79 Å². The van der Waals surface area contributed by atoms with Crippen LogP contribution in [0.2, 0.25) is 0 Å². The zero-order valence-corrected chi connectivity index (χ0v) is 15.6. The van der Waals surface area contributed by atoms with Crippen LogP contribution in [0.25, 0.3) is 0 Å². The summed E-state index contributed by atoms with van der Waals surface area (Å²) >= 11 is 0. The standard InChI is InChI=1S/C21H27NO3/c1-14(2)24-19-10-8-18(9-11-19)13-22-21(23)17(5)25-20-12-15(3)6-7-16(20)4/h6-12,14,17H,13H2,1-5H3,(H,22,23)/t17-/m1/s1. The number of nitrogens with one attached hydrogen (secondary N) is 1. The van der Waals surface area contributed by atoms with Crippen LogP contribution in [0.5, 0.6) is 11.5 Å². The summed E-state index contributed by atoms with van der Waals surface area (Å²) in [6, 6.07) is 13.7. The van der Waals surface area contributed by atoms with E-state index in [9.17, 15) is 4.79 Å². The van der Waals surface area contributed by atoms with E-state index in [2.05, 4.69) is 5.32 Å². The molecular weight excluding hydrogens is 314 g/mol. The Labute approximate surface area is 150 Å². The third-order valence-corrected chi connectivity index (χ3v) is 3.78. The smallest absolute Gasteiger partial charge is 0.261 e. The Kier molecular flexibility index (Phi) is 6.45. The highest BCUT2D eigenvalue weighted by Gasteiger charge is 2.15. The van der Waals surface area contributed by atoms with E-state index >= 15 is 0 Å². The third kappa shape index (κ3) is 5.82. The van der Waals surface area contributed by atoms with Crippen LogP contribution >= 0.6 is 0 Å². The Hall–Kier alpha value is -2.49. The largest absolute Gasteiger partial charge is 0.491 e. The number of hydrogen-bond donors (Lipinski definition) is 1. The van der Waals surface area contributed by atoms with Gasteiger partial charge in [0.2, 0.25) is 0 Å². The van der Waals surface area contributed by atoms with Gasteiger partial charge in [0.25, 0.3) is 5.91 Å². The molecule has 0 unspecified atom stereocenters. The lowest BCUT2D eigenvalue weighted by Crippen LogP contribution is -2.36. The van der Waals surface area contributed by atoms with Gasteiger partial charge in [0, 0.05) is 6.54 Å². The van der Waals surface area contributed by atoms with Crippen LogP contribution in [0.1, 0.15) is 37.5 Å². The van der Waals surface area contributed by atoms with Crippen molar-refractivity contribution in [2.45, 2.75) is 53.4 Å². The number of amides is 1. The SMILES string of the molecule is Cc1ccc(C)c(O[C@H](C)C(=O)NCc2ccc(OC(C)C)cc2)c1. The molecule has 4 nitrogen and oxygen atoms in total. The van der Waals surface area contributed by atoms with Crippen molar-refractivity contribution in [3.63, 3.8) is 0 Å². The molecule has 2 rings (SSSR count). The molecule has 2 aromatic carbocycles. The van der Waals surface area contributed by atoms with Gasteiger partial charge in [-0.25, -0.2) is 0 Å². The molecule has 25 heavy (non-hydrogen) atoms. The molecule has 4 heteroatoms. The minimum atomic E-state index is -0.552. The molecule has 1 amide bonds. The highest BCUT2D eigenvalue weighted by molar-refractivity contribution is 5.80. The highest BCUT2D eigenvalue weighted by atomic mass is 16.5. The molecule has 0 fully saturated rings. The van der Waals surface area contributed by atoms with Gasteiger partial charge < -0.3 is 14.8 Å². The predicted octanol–water partition coefficient (Wildman–Crippen LogP) is 4.17. The van der Waals surface area contributed by atoms with Crippen molar-refractivity contribution in [3.05, 3.63) is 59.2 Å². The second-order valence-electron chi connectivity index (χ2n) is 6.56.